The summed E-state index contributed by atoms with van der Waals surface area (Å²) in [6.45, 7) is 0. The van der Waals surface area contributed by atoms with Gasteiger partial charge in [-0.1, -0.05) is 0 Å². The Balaban J connectivity index is 2.28. The summed E-state index contributed by atoms with van der Waals surface area (Å²) in [6, 6.07) is 5.41. The lowest BCUT2D eigenvalue weighted by Crippen LogP contribution is -2.16. The Kier molecular flexibility index (Phi) is 3.70. The lowest BCUT2D eigenvalue weighted by molar-refractivity contribution is -0.136. The second-order valence-corrected chi connectivity index (χ2v) is 4.20. The van der Waals surface area contributed by atoms with Crippen molar-refractivity contribution in [2.24, 2.45) is 0 Å². The molecular weight excluding hydrogens is 287 g/mol. The second kappa shape index (κ2) is 5.31. The molecule has 1 aromatic heterocycles. The van der Waals surface area contributed by atoms with E-state index in [0.29, 0.717) is 0 Å². The van der Waals surface area contributed by atoms with Crippen molar-refractivity contribution in [3.05, 3.63) is 58.0 Å². The highest BCUT2D eigenvalue weighted by Crippen LogP contribution is 2.35. The van der Waals surface area contributed by atoms with Gasteiger partial charge in [-0.25, -0.2) is 0 Å². The van der Waals surface area contributed by atoms with Crippen LogP contribution in [0.2, 0.25) is 0 Å². The molecule has 2 rings (SSSR count). The van der Waals surface area contributed by atoms with Gasteiger partial charge < -0.3 is 16.0 Å². The van der Waals surface area contributed by atoms with Crippen LogP contribution >= 0.6 is 0 Å². The first-order valence-electron chi connectivity index (χ1n) is 5.74. The van der Waals surface area contributed by atoms with E-state index >= 15 is 0 Å². The Hall–Kier alpha value is -2.77. The molecule has 1 aromatic carbocycles. The molecule has 110 valence electrons. The predicted molar refractivity (Wildman–Crippen MR) is 70.9 cm³/mol. The van der Waals surface area contributed by atoms with Crippen LogP contribution < -0.4 is 16.6 Å². The maximum absolute atomic E-state index is 12.7. The molecule has 0 bridgehead atoms. The van der Waals surface area contributed by atoms with E-state index in [0.717, 1.165) is 18.2 Å². The number of halogens is 3. The van der Waals surface area contributed by atoms with E-state index in [4.69, 9.17) is 5.73 Å². The molecular formula is C13H10F3N3O2. The van der Waals surface area contributed by atoms with Crippen LogP contribution in [-0.4, -0.2) is 10.9 Å². The SMILES string of the molecule is Nc1ccc(NC(=O)c2cc[nH]c(=O)c2)cc1C(F)(F)F. The number of alkyl halides is 3. The first kappa shape index (κ1) is 14.6. The largest absolute Gasteiger partial charge is 0.418 e. The number of aromatic amines is 1. The summed E-state index contributed by atoms with van der Waals surface area (Å²) in [5.41, 5.74) is 3.26. The molecule has 0 aliphatic heterocycles. The van der Waals surface area contributed by atoms with Crippen molar-refractivity contribution in [1.29, 1.82) is 0 Å². The molecule has 0 spiro atoms. The van der Waals surface area contributed by atoms with Gasteiger partial charge in [-0.3, -0.25) is 9.59 Å². The van der Waals surface area contributed by atoms with Crippen LogP contribution in [0.25, 0.3) is 0 Å². The number of nitrogen functional groups attached to an aromatic ring is 1. The van der Waals surface area contributed by atoms with E-state index in [1.165, 1.54) is 18.3 Å². The Bertz CT molecular complexity index is 738. The van der Waals surface area contributed by atoms with Crippen molar-refractivity contribution in [2.75, 3.05) is 11.1 Å². The van der Waals surface area contributed by atoms with Crippen molar-refractivity contribution in [2.45, 2.75) is 6.18 Å². The highest BCUT2D eigenvalue weighted by Gasteiger charge is 2.33. The number of aromatic nitrogens is 1. The summed E-state index contributed by atoms with van der Waals surface area (Å²) in [4.78, 5) is 25.2. The van der Waals surface area contributed by atoms with E-state index in [-0.39, 0.29) is 11.3 Å². The molecule has 4 N–H and O–H groups in total. The van der Waals surface area contributed by atoms with Crippen LogP contribution in [0.5, 0.6) is 0 Å². The zero-order valence-corrected chi connectivity index (χ0v) is 10.5. The third-order valence-electron chi connectivity index (χ3n) is 2.65. The number of H-pyrrole nitrogens is 1. The second-order valence-electron chi connectivity index (χ2n) is 4.20. The Morgan fingerprint density at radius 1 is 1.19 bits per heavy atom. The van der Waals surface area contributed by atoms with Crippen molar-refractivity contribution in [3.8, 4) is 0 Å². The van der Waals surface area contributed by atoms with E-state index in [2.05, 4.69) is 10.3 Å². The molecule has 0 saturated heterocycles. The predicted octanol–water partition coefficient (Wildman–Crippen LogP) is 2.23. The normalized spacial score (nSPS) is 11.2. The number of benzene rings is 1. The zero-order valence-electron chi connectivity index (χ0n) is 10.5. The minimum absolute atomic E-state index is 0.0316. The molecule has 1 heterocycles. The standard InChI is InChI=1S/C13H10F3N3O2/c14-13(15,16)9-6-8(1-2-10(9)17)19-12(21)7-3-4-18-11(20)5-7/h1-6H,17H2,(H,18,20)(H,19,21). The van der Waals surface area contributed by atoms with Gasteiger partial charge in [0.05, 0.1) is 5.56 Å². The van der Waals surface area contributed by atoms with Gasteiger partial charge in [0.2, 0.25) is 5.56 Å². The van der Waals surface area contributed by atoms with Crippen molar-refractivity contribution in [1.82, 2.24) is 4.98 Å². The number of carbonyl (C=O) groups is 1. The summed E-state index contributed by atoms with van der Waals surface area (Å²) in [7, 11) is 0. The summed E-state index contributed by atoms with van der Waals surface area (Å²) in [5.74, 6) is -0.695. The average Bonchev–Trinajstić information content (AvgIpc) is 2.39. The molecule has 1 amide bonds. The highest BCUT2D eigenvalue weighted by molar-refractivity contribution is 6.04. The fourth-order valence-corrected chi connectivity index (χ4v) is 1.67. The van der Waals surface area contributed by atoms with Gasteiger partial charge in [-0.2, -0.15) is 13.2 Å². The van der Waals surface area contributed by atoms with Crippen LogP contribution in [-0.2, 0) is 6.18 Å². The minimum atomic E-state index is -4.62. The molecule has 21 heavy (non-hydrogen) atoms. The Morgan fingerprint density at radius 2 is 1.90 bits per heavy atom. The molecule has 8 heteroatoms. The van der Waals surface area contributed by atoms with Gasteiger partial charge in [0.25, 0.3) is 5.91 Å². The number of amides is 1. The molecule has 5 nitrogen and oxygen atoms in total. The summed E-state index contributed by atoms with van der Waals surface area (Å²) < 4.78 is 38.1. The van der Waals surface area contributed by atoms with Gasteiger partial charge in [-0.15, -0.1) is 0 Å². The zero-order chi connectivity index (χ0) is 15.6. The van der Waals surface area contributed by atoms with Crippen LogP contribution in [0, 0.1) is 0 Å². The molecule has 2 aromatic rings. The quantitative estimate of drug-likeness (QED) is 0.743. The topological polar surface area (TPSA) is 88.0 Å². The fourth-order valence-electron chi connectivity index (χ4n) is 1.67. The van der Waals surface area contributed by atoms with Gasteiger partial charge in [-0.05, 0) is 24.3 Å². The molecule has 0 unspecified atom stereocenters. The van der Waals surface area contributed by atoms with E-state index in [1.54, 1.807) is 0 Å². The molecule has 0 radical (unpaired) electrons. The number of carbonyl (C=O) groups excluding carboxylic acids is 1. The first-order chi connectivity index (χ1) is 9.77. The number of hydrogen-bond donors (Lipinski definition) is 3. The minimum Gasteiger partial charge on any atom is -0.398 e. The van der Waals surface area contributed by atoms with Crippen molar-refractivity contribution in [3.63, 3.8) is 0 Å². The van der Waals surface area contributed by atoms with Crippen LogP contribution in [0.4, 0.5) is 24.5 Å². The van der Waals surface area contributed by atoms with E-state index < -0.39 is 28.9 Å². The van der Waals surface area contributed by atoms with Crippen molar-refractivity contribution < 1.29 is 18.0 Å². The summed E-state index contributed by atoms with van der Waals surface area (Å²) in [5, 5.41) is 2.28. The Labute approximate surface area is 116 Å². The van der Waals surface area contributed by atoms with Crippen LogP contribution in [0.3, 0.4) is 0 Å². The van der Waals surface area contributed by atoms with Crippen LogP contribution in [0.1, 0.15) is 15.9 Å². The lowest BCUT2D eigenvalue weighted by Gasteiger charge is -2.12. The maximum atomic E-state index is 12.7. The number of anilines is 2. The van der Waals surface area contributed by atoms with Gasteiger partial charge in [0.1, 0.15) is 0 Å². The molecule has 0 aliphatic rings. The number of rotatable bonds is 2. The molecule has 0 fully saturated rings. The molecule has 0 saturated carbocycles. The smallest absolute Gasteiger partial charge is 0.398 e. The number of pyridine rings is 1. The molecule has 0 aliphatic carbocycles. The Morgan fingerprint density at radius 3 is 2.52 bits per heavy atom. The van der Waals surface area contributed by atoms with Gasteiger partial charge in [0.15, 0.2) is 0 Å². The van der Waals surface area contributed by atoms with Crippen LogP contribution in [0.15, 0.2) is 41.3 Å². The van der Waals surface area contributed by atoms with E-state index in [1.807, 2.05) is 0 Å². The fraction of sp³-hybridized carbons (Fsp3) is 0.0769. The monoisotopic (exact) mass is 297 g/mol. The number of nitrogens with one attached hydrogen (secondary N) is 2. The average molecular weight is 297 g/mol. The highest BCUT2D eigenvalue weighted by atomic mass is 19.4. The maximum Gasteiger partial charge on any atom is 0.418 e. The third-order valence-corrected chi connectivity index (χ3v) is 2.65. The first-order valence-corrected chi connectivity index (χ1v) is 5.74. The van der Waals surface area contributed by atoms with E-state index in [9.17, 15) is 22.8 Å². The van der Waals surface area contributed by atoms with Gasteiger partial charge >= 0.3 is 6.18 Å². The lowest BCUT2D eigenvalue weighted by atomic mass is 10.1. The van der Waals surface area contributed by atoms with Gasteiger partial charge in [0, 0.05) is 29.2 Å². The number of hydrogen-bond acceptors (Lipinski definition) is 3. The number of nitrogens with two attached hydrogens (primary N) is 1. The molecule has 0 atom stereocenters. The third kappa shape index (κ3) is 3.41. The summed E-state index contributed by atoms with van der Waals surface area (Å²) in [6.07, 6.45) is -3.35. The summed E-state index contributed by atoms with van der Waals surface area (Å²) >= 11 is 0. The van der Waals surface area contributed by atoms with Crippen molar-refractivity contribution >= 4 is 17.3 Å².